The summed E-state index contributed by atoms with van der Waals surface area (Å²) in [5.41, 5.74) is 1.42. The van der Waals surface area contributed by atoms with Gasteiger partial charge in [0.05, 0.1) is 12.2 Å². The molecule has 0 unspecified atom stereocenters. The molecule has 2 atom stereocenters. The van der Waals surface area contributed by atoms with Gasteiger partial charge in [-0.25, -0.2) is 4.39 Å². The summed E-state index contributed by atoms with van der Waals surface area (Å²) in [4.78, 5) is 4.08. The van der Waals surface area contributed by atoms with Crippen LogP contribution >= 0.6 is 0 Å². The van der Waals surface area contributed by atoms with E-state index < -0.39 is 6.17 Å². The Hall–Kier alpha value is -2.62. The highest BCUT2D eigenvalue weighted by molar-refractivity contribution is 5.43. The minimum atomic E-state index is -0.836. The van der Waals surface area contributed by atoms with Crippen molar-refractivity contribution in [3.63, 3.8) is 0 Å². The van der Waals surface area contributed by atoms with Crippen molar-refractivity contribution < 1.29 is 8.91 Å². The SMILES string of the molecule is Cc1cc(CN2C[C@@H](F)C[C@H]2CN(C)c2ccc3nnnn3n2)on1. The molecule has 4 heterocycles. The molecular weight excluding hydrogens is 327 g/mol. The molecule has 1 fully saturated rings. The summed E-state index contributed by atoms with van der Waals surface area (Å²) in [5, 5.41) is 19.5. The number of likely N-dealkylation sites (N-methyl/N-ethyl adjacent to an activating group) is 1. The maximum Gasteiger partial charge on any atom is 0.200 e. The molecule has 0 spiro atoms. The van der Waals surface area contributed by atoms with Crippen molar-refractivity contribution in [2.75, 3.05) is 25.0 Å². The van der Waals surface area contributed by atoms with E-state index in [1.54, 1.807) is 6.07 Å². The fourth-order valence-corrected chi connectivity index (χ4v) is 3.25. The smallest absolute Gasteiger partial charge is 0.200 e. The van der Waals surface area contributed by atoms with E-state index in [1.165, 1.54) is 4.63 Å². The lowest BCUT2D eigenvalue weighted by molar-refractivity contribution is 0.209. The lowest BCUT2D eigenvalue weighted by Crippen LogP contribution is -2.38. The molecule has 1 aliphatic heterocycles. The van der Waals surface area contributed by atoms with Crippen LogP contribution in [0.1, 0.15) is 17.9 Å². The van der Waals surface area contributed by atoms with E-state index in [0.29, 0.717) is 31.7 Å². The number of rotatable bonds is 5. The van der Waals surface area contributed by atoms with Crippen LogP contribution in [0.15, 0.2) is 22.7 Å². The van der Waals surface area contributed by atoms with Gasteiger partial charge in [0.1, 0.15) is 6.17 Å². The molecule has 25 heavy (non-hydrogen) atoms. The fourth-order valence-electron chi connectivity index (χ4n) is 3.25. The Kier molecular flexibility index (Phi) is 4.04. The maximum absolute atomic E-state index is 14.0. The molecule has 9 nitrogen and oxygen atoms in total. The molecule has 0 saturated carbocycles. The number of halogens is 1. The summed E-state index contributed by atoms with van der Waals surface area (Å²) in [7, 11) is 1.93. The lowest BCUT2D eigenvalue weighted by Gasteiger charge is -2.28. The van der Waals surface area contributed by atoms with Crippen LogP contribution in [0.25, 0.3) is 5.65 Å². The van der Waals surface area contributed by atoms with Crippen molar-refractivity contribution in [1.82, 2.24) is 35.3 Å². The average Bonchev–Trinajstić information content (AvgIpc) is 3.28. The van der Waals surface area contributed by atoms with Crippen LogP contribution in [0.4, 0.5) is 10.2 Å². The minimum Gasteiger partial charge on any atom is -0.360 e. The molecular formula is C15H19FN8O. The van der Waals surface area contributed by atoms with Crippen LogP contribution in [0.3, 0.4) is 0 Å². The largest absolute Gasteiger partial charge is 0.360 e. The zero-order valence-electron chi connectivity index (χ0n) is 14.1. The second-order valence-corrected chi connectivity index (χ2v) is 6.45. The summed E-state index contributed by atoms with van der Waals surface area (Å²) >= 11 is 0. The predicted octanol–water partition coefficient (Wildman–Crippen LogP) is 0.865. The first-order chi connectivity index (χ1) is 12.1. The molecule has 0 radical (unpaired) electrons. The van der Waals surface area contributed by atoms with Crippen molar-refractivity contribution >= 4 is 11.5 Å². The molecule has 0 amide bonds. The van der Waals surface area contributed by atoms with Crippen molar-refractivity contribution in [3.8, 4) is 0 Å². The number of aryl methyl sites for hydroxylation is 1. The summed E-state index contributed by atoms with van der Waals surface area (Å²) < 4.78 is 20.7. The van der Waals surface area contributed by atoms with Crippen LogP contribution in [0.5, 0.6) is 0 Å². The van der Waals surface area contributed by atoms with Gasteiger partial charge in [-0.15, -0.1) is 14.8 Å². The van der Waals surface area contributed by atoms with E-state index in [2.05, 4.69) is 30.7 Å². The van der Waals surface area contributed by atoms with Crippen molar-refractivity contribution in [2.45, 2.75) is 32.1 Å². The number of hydrogen-bond donors (Lipinski definition) is 0. The number of anilines is 1. The second kappa shape index (κ2) is 6.36. The van der Waals surface area contributed by atoms with E-state index in [4.69, 9.17) is 4.52 Å². The Balaban J connectivity index is 1.47. The Bertz CT molecular complexity index is 864. The maximum atomic E-state index is 14.0. The summed E-state index contributed by atoms with van der Waals surface area (Å²) in [6.45, 7) is 3.48. The number of alkyl halides is 1. The van der Waals surface area contributed by atoms with Crippen LogP contribution in [0, 0.1) is 6.92 Å². The summed E-state index contributed by atoms with van der Waals surface area (Å²) in [5.74, 6) is 1.49. The second-order valence-electron chi connectivity index (χ2n) is 6.45. The Morgan fingerprint density at radius 3 is 3.08 bits per heavy atom. The van der Waals surface area contributed by atoms with E-state index in [9.17, 15) is 4.39 Å². The molecule has 1 aliphatic rings. The Morgan fingerprint density at radius 1 is 1.40 bits per heavy atom. The number of likely N-dealkylation sites (tertiary alicyclic amines) is 1. The monoisotopic (exact) mass is 346 g/mol. The van der Waals surface area contributed by atoms with Crippen LogP contribution in [0.2, 0.25) is 0 Å². The third-order valence-corrected chi connectivity index (χ3v) is 4.44. The van der Waals surface area contributed by atoms with E-state index >= 15 is 0 Å². The quantitative estimate of drug-likeness (QED) is 0.672. The fraction of sp³-hybridized carbons (Fsp3) is 0.533. The van der Waals surface area contributed by atoms with Gasteiger partial charge in [0, 0.05) is 32.2 Å². The summed E-state index contributed by atoms with van der Waals surface area (Å²) in [6.07, 6.45) is -0.345. The number of hydrogen-bond acceptors (Lipinski definition) is 8. The highest BCUT2D eigenvalue weighted by Gasteiger charge is 2.33. The Morgan fingerprint density at radius 2 is 2.28 bits per heavy atom. The molecule has 0 aliphatic carbocycles. The summed E-state index contributed by atoms with van der Waals surface area (Å²) in [6, 6.07) is 5.62. The number of nitrogens with zero attached hydrogens (tertiary/aromatic N) is 8. The standard InChI is InChI=1S/C15H19FN8O/c1-10-5-13(25-19-10)9-23-7-11(16)6-12(23)8-22(2)15-4-3-14-17-20-21-24(14)18-15/h3-5,11-12H,6-9H2,1-2H3/t11-,12-/m0/s1. The van der Waals surface area contributed by atoms with E-state index in [0.717, 1.165) is 17.3 Å². The molecule has 1 saturated heterocycles. The molecule has 10 heteroatoms. The molecule has 3 aromatic rings. The number of tetrazole rings is 1. The van der Waals surface area contributed by atoms with Gasteiger partial charge >= 0.3 is 0 Å². The van der Waals surface area contributed by atoms with Crippen LogP contribution in [-0.2, 0) is 6.54 Å². The van der Waals surface area contributed by atoms with Gasteiger partial charge in [0.2, 0.25) is 0 Å². The van der Waals surface area contributed by atoms with Gasteiger partial charge in [-0.2, -0.15) is 0 Å². The van der Waals surface area contributed by atoms with Crippen molar-refractivity contribution in [3.05, 3.63) is 29.7 Å². The first kappa shape index (κ1) is 15.9. The van der Waals surface area contributed by atoms with Gasteiger partial charge in [0.25, 0.3) is 0 Å². The molecule has 0 N–H and O–H groups in total. The highest BCUT2D eigenvalue weighted by Crippen LogP contribution is 2.24. The van der Waals surface area contributed by atoms with Crippen LogP contribution < -0.4 is 4.90 Å². The number of aromatic nitrogens is 6. The third kappa shape index (κ3) is 3.29. The average molecular weight is 346 g/mol. The molecule has 0 aromatic carbocycles. The first-order valence-corrected chi connectivity index (χ1v) is 8.15. The zero-order chi connectivity index (χ0) is 17.4. The molecule has 4 rings (SSSR count). The first-order valence-electron chi connectivity index (χ1n) is 8.15. The highest BCUT2D eigenvalue weighted by atomic mass is 19.1. The third-order valence-electron chi connectivity index (χ3n) is 4.44. The molecule has 132 valence electrons. The normalized spacial score (nSPS) is 21.2. The zero-order valence-corrected chi connectivity index (χ0v) is 14.1. The van der Waals surface area contributed by atoms with E-state index in [-0.39, 0.29) is 6.04 Å². The predicted molar refractivity (Wildman–Crippen MR) is 86.8 cm³/mol. The molecule has 0 bridgehead atoms. The van der Waals surface area contributed by atoms with Crippen molar-refractivity contribution in [2.24, 2.45) is 0 Å². The van der Waals surface area contributed by atoms with Gasteiger partial charge in [-0.05, 0) is 35.9 Å². The van der Waals surface area contributed by atoms with E-state index in [1.807, 2.05) is 31.0 Å². The van der Waals surface area contributed by atoms with Gasteiger partial charge < -0.3 is 9.42 Å². The lowest BCUT2D eigenvalue weighted by atomic mass is 10.2. The van der Waals surface area contributed by atoms with Gasteiger partial charge in [0.15, 0.2) is 17.2 Å². The minimum absolute atomic E-state index is 0.0665. The number of fused-ring (bicyclic) bond motifs is 1. The topological polar surface area (TPSA) is 88.5 Å². The van der Waals surface area contributed by atoms with Gasteiger partial charge in [-0.1, -0.05) is 5.16 Å². The van der Waals surface area contributed by atoms with Crippen molar-refractivity contribution in [1.29, 1.82) is 0 Å². The van der Waals surface area contributed by atoms with Gasteiger partial charge in [-0.3, -0.25) is 4.90 Å². The Labute approximate surface area is 143 Å². The van der Waals surface area contributed by atoms with Crippen LogP contribution in [-0.4, -0.2) is 67.7 Å². The molecule has 3 aromatic heterocycles.